The Morgan fingerprint density at radius 1 is 0.963 bits per heavy atom. The van der Waals surface area contributed by atoms with E-state index in [0.717, 1.165) is 12.0 Å². The minimum Gasteiger partial charge on any atom is -0.352 e. The molecule has 0 aliphatic heterocycles. The van der Waals surface area contributed by atoms with Gasteiger partial charge < -0.3 is 15.5 Å². The largest absolute Gasteiger partial charge is 0.352 e. The van der Waals surface area contributed by atoms with E-state index in [-0.39, 0.29) is 12.5 Å². The summed E-state index contributed by atoms with van der Waals surface area (Å²) in [4.78, 5) is 18.6. The summed E-state index contributed by atoms with van der Waals surface area (Å²) in [5, 5.41) is 6.42. The topological polar surface area (TPSA) is 56.7 Å². The van der Waals surface area contributed by atoms with Gasteiger partial charge in [0.25, 0.3) is 0 Å². The van der Waals surface area contributed by atoms with Gasteiger partial charge in [0.15, 0.2) is 5.96 Å². The molecule has 2 N–H and O–H groups in total. The molecule has 0 heterocycles. The van der Waals surface area contributed by atoms with Gasteiger partial charge in [0.2, 0.25) is 5.91 Å². The Kier molecular flexibility index (Phi) is 8.36. The zero-order valence-electron chi connectivity index (χ0n) is 16.5. The molecule has 0 unspecified atom stereocenters. The van der Waals surface area contributed by atoms with Gasteiger partial charge in [0.05, 0.1) is 6.54 Å². The number of nitrogens with zero attached hydrogens (tertiary/aromatic N) is 2. The van der Waals surface area contributed by atoms with Gasteiger partial charge in [0, 0.05) is 26.7 Å². The maximum Gasteiger partial charge on any atom is 0.242 e. The van der Waals surface area contributed by atoms with Crippen LogP contribution in [0.4, 0.5) is 0 Å². The third-order valence-corrected chi connectivity index (χ3v) is 4.53. The molecule has 0 saturated carbocycles. The van der Waals surface area contributed by atoms with Crippen molar-refractivity contribution in [2.75, 3.05) is 20.1 Å². The SMILES string of the molecule is CCc1ccccc1CNC(=NC)NCC(=O)N(CC)Cc1ccccc1. The third kappa shape index (κ3) is 6.44. The minimum atomic E-state index is 0.0539. The summed E-state index contributed by atoms with van der Waals surface area (Å²) in [7, 11) is 1.72. The molecule has 0 aliphatic carbocycles. The van der Waals surface area contributed by atoms with Crippen LogP contribution in [0.1, 0.15) is 30.5 Å². The van der Waals surface area contributed by atoms with Crippen LogP contribution in [0, 0.1) is 0 Å². The molecule has 0 spiro atoms. The van der Waals surface area contributed by atoms with Crippen molar-refractivity contribution in [1.82, 2.24) is 15.5 Å². The molecular weight excluding hydrogens is 336 g/mol. The van der Waals surface area contributed by atoms with E-state index in [1.165, 1.54) is 11.1 Å². The molecular formula is C22H30N4O. The van der Waals surface area contributed by atoms with E-state index in [0.29, 0.717) is 25.6 Å². The van der Waals surface area contributed by atoms with Gasteiger partial charge in [-0.05, 0) is 30.0 Å². The second-order valence-corrected chi connectivity index (χ2v) is 6.30. The van der Waals surface area contributed by atoms with E-state index in [2.05, 4.69) is 40.7 Å². The first-order chi connectivity index (χ1) is 13.2. The number of nitrogens with one attached hydrogen (secondary N) is 2. The van der Waals surface area contributed by atoms with Gasteiger partial charge in [-0.2, -0.15) is 0 Å². The first kappa shape index (κ1) is 20.5. The number of aryl methyl sites for hydroxylation is 1. The second-order valence-electron chi connectivity index (χ2n) is 6.30. The molecule has 144 valence electrons. The number of likely N-dealkylation sites (N-methyl/N-ethyl adjacent to an activating group) is 1. The first-order valence-corrected chi connectivity index (χ1v) is 9.50. The summed E-state index contributed by atoms with van der Waals surface area (Å²) in [5.41, 5.74) is 3.69. The molecule has 2 aromatic rings. The summed E-state index contributed by atoms with van der Waals surface area (Å²) >= 11 is 0. The van der Waals surface area contributed by atoms with E-state index in [9.17, 15) is 4.79 Å². The lowest BCUT2D eigenvalue weighted by Gasteiger charge is -2.22. The van der Waals surface area contributed by atoms with Crippen LogP contribution in [0.15, 0.2) is 59.6 Å². The van der Waals surface area contributed by atoms with Crippen LogP contribution >= 0.6 is 0 Å². The van der Waals surface area contributed by atoms with Crippen LogP contribution in [-0.4, -0.2) is 36.9 Å². The van der Waals surface area contributed by atoms with E-state index in [1.807, 2.05) is 48.2 Å². The van der Waals surface area contributed by atoms with Crippen molar-refractivity contribution in [2.24, 2.45) is 4.99 Å². The lowest BCUT2D eigenvalue weighted by molar-refractivity contribution is -0.130. The Hall–Kier alpha value is -2.82. The molecule has 0 aromatic heterocycles. The molecule has 0 atom stereocenters. The summed E-state index contributed by atoms with van der Waals surface area (Å²) in [6.07, 6.45) is 0.993. The number of benzene rings is 2. The molecule has 0 fully saturated rings. The summed E-state index contributed by atoms with van der Waals surface area (Å²) in [5.74, 6) is 0.684. The Bertz CT molecular complexity index is 743. The summed E-state index contributed by atoms with van der Waals surface area (Å²) in [6.45, 7) is 6.33. The third-order valence-electron chi connectivity index (χ3n) is 4.53. The smallest absolute Gasteiger partial charge is 0.242 e. The molecule has 1 amide bonds. The van der Waals surface area contributed by atoms with E-state index in [4.69, 9.17) is 0 Å². The lowest BCUT2D eigenvalue weighted by atomic mass is 10.1. The minimum absolute atomic E-state index is 0.0539. The molecule has 2 rings (SSSR count). The Balaban J connectivity index is 1.86. The normalized spacial score (nSPS) is 11.1. The number of carbonyl (C=O) groups is 1. The quantitative estimate of drug-likeness (QED) is 0.558. The second kappa shape index (κ2) is 11.0. The predicted octanol–water partition coefficient (Wildman–Crippen LogP) is 2.96. The van der Waals surface area contributed by atoms with Crippen LogP contribution in [-0.2, 0) is 24.3 Å². The fourth-order valence-corrected chi connectivity index (χ4v) is 2.93. The molecule has 5 nitrogen and oxygen atoms in total. The highest BCUT2D eigenvalue weighted by Gasteiger charge is 2.12. The van der Waals surface area contributed by atoms with E-state index in [1.54, 1.807) is 7.05 Å². The number of carbonyl (C=O) groups excluding carboxylic acids is 1. The first-order valence-electron chi connectivity index (χ1n) is 9.50. The van der Waals surface area contributed by atoms with Gasteiger partial charge in [-0.15, -0.1) is 0 Å². The number of amides is 1. The van der Waals surface area contributed by atoms with Gasteiger partial charge in [-0.25, -0.2) is 0 Å². The number of aliphatic imine (C=N–C) groups is 1. The maximum absolute atomic E-state index is 12.6. The van der Waals surface area contributed by atoms with Crippen LogP contribution < -0.4 is 10.6 Å². The van der Waals surface area contributed by atoms with Crippen molar-refractivity contribution in [2.45, 2.75) is 33.4 Å². The van der Waals surface area contributed by atoms with Crippen LogP contribution in [0.25, 0.3) is 0 Å². The van der Waals surface area contributed by atoms with Crippen molar-refractivity contribution in [1.29, 1.82) is 0 Å². The Labute approximate surface area is 162 Å². The van der Waals surface area contributed by atoms with Crippen LogP contribution in [0.3, 0.4) is 0 Å². The van der Waals surface area contributed by atoms with E-state index < -0.39 is 0 Å². The Morgan fingerprint density at radius 2 is 1.63 bits per heavy atom. The monoisotopic (exact) mass is 366 g/mol. The van der Waals surface area contributed by atoms with Crippen molar-refractivity contribution in [3.05, 3.63) is 71.3 Å². The van der Waals surface area contributed by atoms with E-state index >= 15 is 0 Å². The van der Waals surface area contributed by atoms with Crippen molar-refractivity contribution >= 4 is 11.9 Å². The lowest BCUT2D eigenvalue weighted by Crippen LogP contribution is -2.44. The van der Waals surface area contributed by atoms with Crippen molar-refractivity contribution in [3.8, 4) is 0 Å². The summed E-state index contributed by atoms with van der Waals surface area (Å²) < 4.78 is 0. The molecule has 2 aromatic carbocycles. The molecule has 5 heteroatoms. The molecule has 0 radical (unpaired) electrons. The maximum atomic E-state index is 12.6. The number of hydrogen-bond acceptors (Lipinski definition) is 2. The van der Waals surface area contributed by atoms with Gasteiger partial charge in [-0.3, -0.25) is 9.79 Å². The predicted molar refractivity (Wildman–Crippen MR) is 112 cm³/mol. The highest BCUT2D eigenvalue weighted by molar-refractivity contribution is 5.86. The average molecular weight is 367 g/mol. The fraction of sp³-hybridized carbons (Fsp3) is 0.364. The van der Waals surface area contributed by atoms with Crippen molar-refractivity contribution < 1.29 is 4.79 Å². The number of rotatable bonds is 8. The van der Waals surface area contributed by atoms with Crippen LogP contribution in [0.2, 0.25) is 0 Å². The summed E-state index contributed by atoms with van der Waals surface area (Å²) in [6, 6.07) is 18.4. The van der Waals surface area contributed by atoms with Gasteiger partial charge >= 0.3 is 0 Å². The highest BCUT2D eigenvalue weighted by Crippen LogP contribution is 2.09. The van der Waals surface area contributed by atoms with Gasteiger partial charge in [0.1, 0.15) is 0 Å². The zero-order valence-corrected chi connectivity index (χ0v) is 16.5. The standard InChI is InChI=1S/C22H30N4O/c1-4-19-13-9-10-14-20(19)15-24-22(23-3)25-16-21(27)26(5-2)17-18-11-7-6-8-12-18/h6-14H,4-5,15-17H2,1-3H3,(H2,23,24,25). The molecule has 0 aliphatic rings. The number of guanidine groups is 1. The zero-order chi connectivity index (χ0) is 19.5. The highest BCUT2D eigenvalue weighted by atomic mass is 16.2. The van der Waals surface area contributed by atoms with Gasteiger partial charge in [-0.1, -0.05) is 61.5 Å². The van der Waals surface area contributed by atoms with Crippen molar-refractivity contribution in [3.63, 3.8) is 0 Å². The fourth-order valence-electron chi connectivity index (χ4n) is 2.93. The number of hydrogen-bond donors (Lipinski definition) is 2. The Morgan fingerprint density at radius 3 is 2.26 bits per heavy atom. The molecule has 0 bridgehead atoms. The van der Waals surface area contributed by atoms with Crippen LogP contribution in [0.5, 0.6) is 0 Å². The molecule has 0 saturated heterocycles. The average Bonchev–Trinajstić information content (AvgIpc) is 2.72. The molecule has 27 heavy (non-hydrogen) atoms.